The van der Waals surface area contributed by atoms with Gasteiger partial charge in [-0.25, -0.2) is 0 Å². The van der Waals surface area contributed by atoms with Crippen LogP contribution in [0.2, 0.25) is 0 Å². The Morgan fingerprint density at radius 3 is 2.75 bits per heavy atom. The third-order valence-electron chi connectivity index (χ3n) is 4.44. The lowest BCUT2D eigenvalue weighted by molar-refractivity contribution is 0.198. The van der Waals surface area contributed by atoms with Gasteiger partial charge in [-0.15, -0.1) is 15.3 Å². The molecule has 0 atom stereocenters. The first-order valence-corrected chi connectivity index (χ1v) is 8.09. The summed E-state index contributed by atoms with van der Waals surface area (Å²) in [6, 6.07) is 7.63. The summed E-state index contributed by atoms with van der Waals surface area (Å²) < 4.78 is 7.02. The molecule has 0 bridgehead atoms. The fourth-order valence-electron chi connectivity index (χ4n) is 3.15. The van der Waals surface area contributed by atoms with E-state index in [4.69, 9.17) is 4.74 Å². The van der Waals surface area contributed by atoms with Crippen LogP contribution in [0.5, 0.6) is 5.88 Å². The molecule has 0 radical (unpaired) electrons. The van der Waals surface area contributed by atoms with Gasteiger partial charge in [0.05, 0.1) is 12.8 Å². The summed E-state index contributed by atoms with van der Waals surface area (Å²) in [6.45, 7) is 2.84. The highest BCUT2D eigenvalue weighted by molar-refractivity contribution is 5.38. The first kappa shape index (κ1) is 14.9. The number of fused-ring (bicyclic) bond motifs is 1. The lowest BCUT2D eigenvalue weighted by Crippen LogP contribution is -2.33. The Kier molecular flexibility index (Phi) is 4.04. The van der Waals surface area contributed by atoms with E-state index in [1.54, 1.807) is 19.4 Å². The Hall–Kier alpha value is -2.61. The molecule has 1 fully saturated rings. The maximum atomic E-state index is 5.21. The average Bonchev–Trinajstić information content (AvgIpc) is 3.06. The second kappa shape index (κ2) is 6.48. The minimum Gasteiger partial charge on any atom is -0.480 e. The molecule has 3 aromatic heterocycles. The molecule has 0 aliphatic carbocycles. The highest BCUT2D eigenvalue weighted by Crippen LogP contribution is 2.27. The predicted octanol–water partition coefficient (Wildman–Crippen LogP) is 1.30. The normalized spacial score (nSPS) is 16.5. The molecule has 0 N–H and O–H groups in total. The first-order valence-electron chi connectivity index (χ1n) is 8.09. The van der Waals surface area contributed by atoms with Crippen molar-refractivity contribution in [1.29, 1.82) is 0 Å². The standard InChI is InChI=1S/C16H19N7O/c1-24-15-5-4-14-19-20-16(23(14)21-15)12-6-9-22(10-7-12)11-13-3-2-8-17-18-13/h2-5,8,12H,6-7,9-11H2,1H3. The number of hydrogen-bond acceptors (Lipinski definition) is 7. The maximum absolute atomic E-state index is 5.21. The van der Waals surface area contributed by atoms with Gasteiger partial charge in [0, 0.05) is 24.7 Å². The van der Waals surface area contributed by atoms with Crippen molar-refractivity contribution >= 4 is 5.65 Å². The van der Waals surface area contributed by atoms with Gasteiger partial charge in [0.2, 0.25) is 5.88 Å². The molecule has 1 aliphatic rings. The van der Waals surface area contributed by atoms with E-state index in [1.807, 2.05) is 22.7 Å². The summed E-state index contributed by atoms with van der Waals surface area (Å²) in [6.07, 6.45) is 3.76. The summed E-state index contributed by atoms with van der Waals surface area (Å²) >= 11 is 0. The molecule has 0 spiro atoms. The van der Waals surface area contributed by atoms with Crippen molar-refractivity contribution in [3.05, 3.63) is 42.0 Å². The zero-order valence-corrected chi connectivity index (χ0v) is 13.5. The van der Waals surface area contributed by atoms with E-state index >= 15 is 0 Å². The highest BCUT2D eigenvalue weighted by Gasteiger charge is 2.25. The number of hydrogen-bond donors (Lipinski definition) is 0. The Labute approximate surface area is 139 Å². The summed E-state index contributed by atoms with van der Waals surface area (Å²) in [5.41, 5.74) is 1.77. The number of nitrogens with zero attached hydrogens (tertiary/aromatic N) is 7. The molecule has 3 aromatic rings. The molecule has 1 saturated heterocycles. The molecule has 24 heavy (non-hydrogen) atoms. The first-order chi connectivity index (χ1) is 11.8. The minimum absolute atomic E-state index is 0.359. The van der Waals surface area contributed by atoms with Crippen LogP contribution in [0, 0.1) is 0 Å². The van der Waals surface area contributed by atoms with Crippen LogP contribution in [0.25, 0.3) is 5.65 Å². The van der Waals surface area contributed by atoms with Gasteiger partial charge in [0.1, 0.15) is 0 Å². The molecule has 0 saturated carbocycles. The van der Waals surface area contributed by atoms with Crippen molar-refractivity contribution in [2.24, 2.45) is 0 Å². The van der Waals surface area contributed by atoms with Gasteiger partial charge in [-0.2, -0.15) is 14.7 Å². The van der Waals surface area contributed by atoms with Crippen LogP contribution >= 0.6 is 0 Å². The quantitative estimate of drug-likeness (QED) is 0.715. The van der Waals surface area contributed by atoms with E-state index in [9.17, 15) is 0 Å². The largest absolute Gasteiger partial charge is 0.480 e. The number of aromatic nitrogens is 6. The van der Waals surface area contributed by atoms with E-state index in [0.717, 1.165) is 49.6 Å². The summed E-state index contributed by atoms with van der Waals surface area (Å²) in [4.78, 5) is 2.40. The molecular formula is C16H19N7O. The Morgan fingerprint density at radius 1 is 1.12 bits per heavy atom. The topological polar surface area (TPSA) is 81.3 Å². The van der Waals surface area contributed by atoms with Crippen LogP contribution < -0.4 is 4.74 Å². The average molecular weight is 325 g/mol. The smallest absolute Gasteiger partial charge is 0.231 e. The summed E-state index contributed by atoms with van der Waals surface area (Å²) in [7, 11) is 1.61. The van der Waals surface area contributed by atoms with Crippen molar-refractivity contribution < 1.29 is 4.74 Å². The number of piperidine rings is 1. The Morgan fingerprint density at radius 2 is 2.00 bits per heavy atom. The van der Waals surface area contributed by atoms with Crippen LogP contribution in [-0.2, 0) is 6.54 Å². The SMILES string of the molecule is COc1ccc2nnc(C3CCN(Cc4cccnn4)CC3)n2n1. The number of ether oxygens (including phenoxy) is 1. The van der Waals surface area contributed by atoms with E-state index in [2.05, 4.69) is 30.4 Å². The minimum atomic E-state index is 0.359. The fraction of sp³-hybridized carbons (Fsp3) is 0.438. The molecule has 4 rings (SSSR count). The predicted molar refractivity (Wildman–Crippen MR) is 86.6 cm³/mol. The molecule has 0 amide bonds. The lowest BCUT2D eigenvalue weighted by Gasteiger charge is -2.30. The van der Waals surface area contributed by atoms with Crippen molar-refractivity contribution in [2.45, 2.75) is 25.3 Å². The van der Waals surface area contributed by atoms with Gasteiger partial charge in [0.15, 0.2) is 11.5 Å². The van der Waals surface area contributed by atoms with Crippen LogP contribution in [0.3, 0.4) is 0 Å². The van der Waals surface area contributed by atoms with E-state index in [1.165, 1.54) is 0 Å². The molecule has 1 aliphatic heterocycles. The van der Waals surface area contributed by atoms with Crippen LogP contribution in [-0.4, -0.2) is 55.1 Å². The Bertz CT molecular complexity index is 812. The number of likely N-dealkylation sites (tertiary alicyclic amines) is 1. The van der Waals surface area contributed by atoms with Crippen molar-refractivity contribution in [3.8, 4) is 5.88 Å². The molecule has 4 heterocycles. The van der Waals surface area contributed by atoms with Gasteiger partial charge in [-0.05, 0) is 44.1 Å². The van der Waals surface area contributed by atoms with Crippen molar-refractivity contribution in [2.75, 3.05) is 20.2 Å². The van der Waals surface area contributed by atoms with Crippen LogP contribution in [0.1, 0.15) is 30.3 Å². The zero-order valence-electron chi connectivity index (χ0n) is 13.5. The molecule has 8 heteroatoms. The monoisotopic (exact) mass is 325 g/mol. The molecule has 0 unspecified atom stereocenters. The zero-order chi connectivity index (χ0) is 16.4. The summed E-state index contributed by atoms with van der Waals surface area (Å²) in [5, 5.41) is 21.1. The molecule has 0 aromatic carbocycles. The molecule has 8 nitrogen and oxygen atoms in total. The van der Waals surface area contributed by atoms with Crippen LogP contribution in [0.15, 0.2) is 30.5 Å². The van der Waals surface area contributed by atoms with Gasteiger partial charge in [0.25, 0.3) is 0 Å². The van der Waals surface area contributed by atoms with Gasteiger partial charge < -0.3 is 4.74 Å². The van der Waals surface area contributed by atoms with E-state index < -0.39 is 0 Å². The van der Waals surface area contributed by atoms with E-state index in [-0.39, 0.29) is 0 Å². The number of rotatable bonds is 4. The van der Waals surface area contributed by atoms with Gasteiger partial charge >= 0.3 is 0 Å². The second-order valence-corrected chi connectivity index (χ2v) is 5.97. The van der Waals surface area contributed by atoms with Gasteiger partial charge in [-0.3, -0.25) is 4.90 Å². The highest BCUT2D eigenvalue weighted by atomic mass is 16.5. The van der Waals surface area contributed by atoms with E-state index in [0.29, 0.717) is 11.8 Å². The third-order valence-corrected chi connectivity index (χ3v) is 4.44. The Balaban J connectivity index is 1.46. The number of methoxy groups -OCH3 is 1. The van der Waals surface area contributed by atoms with Crippen molar-refractivity contribution in [1.82, 2.24) is 34.9 Å². The van der Waals surface area contributed by atoms with Crippen LogP contribution in [0.4, 0.5) is 0 Å². The lowest BCUT2D eigenvalue weighted by atomic mass is 9.96. The molecule has 124 valence electrons. The maximum Gasteiger partial charge on any atom is 0.231 e. The molecular weight excluding hydrogens is 306 g/mol. The third kappa shape index (κ3) is 2.92. The fourth-order valence-corrected chi connectivity index (χ4v) is 3.15. The van der Waals surface area contributed by atoms with Gasteiger partial charge in [-0.1, -0.05) is 0 Å². The summed E-state index contributed by atoms with van der Waals surface area (Å²) in [5.74, 6) is 1.85. The second-order valence-electron chi connectivity index (χ2n) is 5.97. The van der Waals surface area contributed by atoms with Crippen molar-refractivity contribution in [3.63, 3.8) is 0 Å².